The maximum Gasteiger partial charge on any atom is 0.414 e. The maximum absolute atomic E-state index is 13.3. The van der Waals surface area contributed by atoms with E-state index in [0.29, 0.717) is 19.6 Å². The van der Waals surface area contributed by atoms with Gasteiger partial charge < -0.3 is 15.1 Å². The number of carboxylic acid groups (broad SMARTS) is 2. The van der Waals surface area contributed by atoms with Crippen molar-refractivity contribution in [2.45, 2.75) is 6.54 Å². The van der Waals surface area contributed by atoms with Crippen molar-refractivity contribution in [1.29, 1.82) is 0 Å². The third-order valence-electron chi connectivity index (χ3n) is 5.38. The molecular weight excluding hydrogens is 439 g/mol. The number of halogens is 1. The van der Waals surface area contributed by atoms with Crippen LogP contribution in [0.2, 0.25) is 0 Å². The van der Waals surface area contributed by atoms with Crippen LogP contribution in [-0.2, 0) is 16.1 Å². The Balaban J connectivity index is 0.000000481. The summed E-state index contributed by atoms with van der Waals surface area (Å²) >= 11 is 0. The van der Waals surface area contributed by atoms with Crippen molar-refractivity contribution in [3.8, 4) is 11.1 Å². The van der Waals surface area contributed by atoms with E-state index in [-0.39, 0.29) is 11.7 Å². The summed E-state index contributed by atoms with van der Waals surface area (Å²) in [5, 5.41) is 14.8. The number of hydrogen-bond donors (Lipinski definition) is 2. The van der Waals surface area contributed by atoms with Gasteiger partial charge in [-0.05, 0) is 41.0 Å². The molecule has 0 atom stereocenters. The molecule has 176 valence electrons. The van der Waals surface area contributed by atoms with E-state index in [2.05, 4.69) is 17.0 Å². The quantitative estimate of drug-likeness (QED) is 0.573. The number of hydrogen-bond acceptors (Lipinski definition) is 4. The molecule has 34 heavy (non-hydrogen) atoms. The summed E-state index contributed by atoms with van der Waals surface area (Å²) in [6.07, 6.45) is 0. The largest absolute Gasteiger partial charge is 0.473 e. The van der Waals surface area contributed by atoms with Crippen molar-refractivity contribution in [3.05, 3.63) is 95.8 Å². The Morgan fingerprint density at radius 3 is 1.88 bits per heavy atom. The fourth-order valence-corrected chi connectivity index (χ4v) is 3.62. The monoisotopic (exact) mass is 464 g/mol. The average molecular weight is 464 g/mol. The number of carboxylic acids is 2. The lowest BCUT2D eigenvalue weighted by molar-refractivity contribution is -0.159. The van der Waals surface area contributed by atoms with Gasteiger partial charge in [0.25, 0.3) is 5.91 Å². The Morgan fingerprint density at radius 2 is 1.32 bits per heavy atom. The van der Waals surface area contributed by atoms with Gasteiger partial charge in [-0.15, -0.1) is 0 Å². The van der Waals surface area contributed by atoms with Gasteiger partial charge in [0, 0.05) is 38.3 Å². The first-order valence-corrected chi connectivity index (χ1v) is 10.7. The minimum absolute atomic E-state index is 0.0741. The Kier molecular flexibility index (Phi) is 8.48. The molecule has 8 heteroatoms. The fourth-order valence-electron chi connectivity index (χ4n) is 3.62. The first kappa shape index (κ1) is 24.6. The molecule has 1 saturated heterocycles. The lowest BCUT2D eigenvalue weighted by Crippen LogP contribution is -2.48. The zero-order valence-electron chi connectivity index (χ0n) is 18.4. The SMILES string of the molecule is O=C(O)C(=O)O.O=C(c1ccc(-c2ccccc2)cc1)N1CCN(Cc2cccc(F)c2)CC1. The lowest BCUT2D eigenvalue weighted by Gasteiger charge is -2.34. The van der Waals surface area contributed by atoms with Crippen LogP contribution in [0.1, 0.15) is 15.9 Å². The van der Waals surface area contributed by atoms with Crippen molar-refractivity contribution < 1.29 is 29.0 Å². The van der Waals surface area contributed by atoms with E-state index in [1.54, 1.807) is 12.1 Å². The number of nitrogens with zero attached hydrogens (tertiary/aromatic N) is 2. The van der Waals surface area contributed by atoms with E-state index in [1.165, 1.54) is 6.07 Å². The summed E-state index contributed by atoms with van der Waals surface area (Å²) in [6, 6.07) is 24.7. The highest BCUT2D eigenvalue weighted by Gasteiger charge is 2.22. The second kappa shape index (κ2) is 11.7. The van der Waals surface area contributed by atoms with Gasteiger partial charge in [0.2, 0.25) is 0 Å². The van der Waals surface area contributed by atoms with Gasteiger partial charge in [0.15, 0.2) is 0 Å². The standard InChI is InChI=1S/C24H23FN2O.C2H2O4/c25-23-8-4-5-19(17-23)18-26-13-15-27(16-14-26)24(28)22-11-9-21(10-12-22)20-6-2-1-3-7-20;3-1(4)2(5)6/h1-12,17H,13-16,18H2;(H,3,4)(H,5,6). The number of aliphatic carboxylic acids is 2. The van der Waals surface area contributed by atoms with Gasteiger partial charge in [-0.1, -0.05) is 54.6 Å². The molecule has 3 aromatic rings. The predicted octanol–water partition coefficient (Wildman–Crippen LogP) is 3.61. The Labute approximate surface area is 196 Å². The van der Waals surface area contributed by atoms with E-state index >= 15 is 0 Å². The van der Waals surface area contributed by atoms with Crippen molar-refractivity contribution in [3.63, 3.8) is 0 Å². The van der Waals surface area contributed by atoms with E-state index in [4.69, 9.17) is 19.8 Å². The first-order valence-electron chi connectivity index (χ1n) is 10.7. The fraction of sp³-hybridized carbons (Fsp3) is 0.192. The number of carbonyl (C=O) groups is 3. The smallest absolute Gasteiger partial charge is 0.414 e. The van der Waals surface area contributed by atoms with Crippen LogP contribution in [0.15, 0.2) is 78.9 Å². The molecule has 3 aromatic carbocycles. The van der Waals surface area contributed by atoms with E-state index < -0.39 is 11.9 Å². The second-order valence-electron chi connectivity index (χ2n) is 7.75. The maximum atomic E-state index is 13.3. The molecule has 7 nitrogen and oxygen atoms in total. The molecule has 0 saturated carbocycles. The number of amides is 1. The van der Waals surface area contributed by atoms with Gasteiger partial charge in [0.1, 0.15) is 5.82 Å². The molecule has 1 aliphatic heterocycles. The molecule has 1 amide bonds. The van der Waals surface area contributed by atoms with Crippen molar-refractivity contribution in [2.24, 2.45) is 0 Å². The van der Waals surface area contributed by atoms with E-state index in [0.717, 1.165) is 35.3 Å². The second-order valence-corrected chi connectivity index (χ2v) is 7.75. The van der Waals surface area contributed by atoms with Gasteiger partial charge in [-0.2, -0.15) is 0 Å². The number of rotatable bonds is 4. The van der Waals surface area contributed by atoms with Gasteiger partial charge in [-0.3, -0.25) is 9.69 Å². The molecule has 1 fully saturated rings. The van der Waals surface area contributed by atoms with Crippen molar-refractivity contribution >= 4 is 17.8 Å². The van der Waals surface area contributed by atoms with Crippen LogP contribution in [0.4, 0.5) is 4.39 Å². The van der Waals surface area contributed by atoms with Crippen LogP contribution in [0, 0.1) is 5.82 Å². The van der Waals surface area contributed by atoms with Gasteiger partial charge >= 0.3 is 11.9 Å². The van der Waals surface area contributed by atoms with Crippen molar-refractivity contribution in [1.82, 2.24) is 9.80 Å². The summed E-state index contributed by atoms with van der Waals surface area (Å²) in [5.74, 6) is -3.78. The number of piperazine rings is 1. The van der Waals surface area contributed by atoms with E-state index in [1.807, 2.05) is 53.4 Å². The number of benzene rings is 3. The summed E-state index contributed by atoms with van der Waals surface area (Å²) in [7, 11) is 0. The lowest BCUT2D eigenvalue weighted by atomic mass is 10.0. The zero-order valence-corrected chi connectivity index (χ0v) is 18.4. The summed E-state index contributed by atoms with van der Waals surface area (Å²) in [5.41, 5.74) is 3.94. The molecule has 0 aromatic heterocycles. The Morgan fingerprint density at radius 1 is 0.735 bits per heavy atom. The summed E-state index contributed by atoms with van der Waals surface area (Å²) < 4.78 is 13.3. The van der Waals surface area contributed by atoms with Crippen molar-refractivity contribution in [2.75, 3.05) is 26.2 Å². The van der Waals surface area contributed by atoms with E-state index in [9.17, 15) is 9.18 Å². The molecule has 0 unspecified atom stereocenters. The minimum atomic E-state index is -1.82. The van der Waals surface area contributed by atoms with Gasteiger partial charge in [0.05, 0.1) is 0 Å². The summed E-state index contributed by atoms with van der Waals surface area (Å²) in [4.78, 5) is 35.2. The highest BCUT2D eigenvalue weighted by Crippen LogP contribution is 2.20. The van der Waals surface area contributed by atoms with Crippen LogP contribution < -0.4 is 0 Å². The molecular formula is C26H25FN2O5. The highest BCUT2D eigenvalue weighted by atomic mass is 19.1. The topological polar surface area (TPSA) is 98.1 Å². The van der Waals surface area contributed by atoms with Crippen LogP contribution in [0.5, 0.6) is 0 Å². The average Bonchev–Trinajstić information content (AvgIpc) is 2.85. The highest BCUT2D eigenvalue weighted by molar-refractivity contribution is 6.27. The van der Waals surface area contributed by atoms with Crippen LogP contribution >= 0.6 is 0 Å². The third-order valence-corrected chi connectivity index (χ3v) is 5.38. The summed E-state index contributed by atoms with van der Waals surface area (Å²) in [6.45, 7) is 3.68. The molecule has 1 heterocycles. The molecule has 4 rings (SSSR count). The molecule has 1 aliphatic rings. The molecule has 0 spiro atoms. The third kappa shape index (κ3) is 6.98. The Bertz CT molecular complexity index is 1120. The molecule has 0 bridgehead atoms. The molecule has 2 N–H and O–H groups in total. The Hall–Kier alpha value is -4.04. The number of carbonyl (C=O) groups excluding carboxylic acids is 1. The van der Waals surface area contributed by atoms with Crippen LogP contribution in [0.3, 0.4) is 0 Å². The normalized spacial score (nSPS) is 13.5. The molecule has 0 aliphatic carbocycles. The van der Waals surface area contributed by atoms with Crippen LogP contribution in [-0.4, -0.2) is 64.0 Å². The van der Waals surface area contributed by atoms with Gasteiger partial charge in [-0.25, -0.2) is 14.0 Å². The zero-order chi connectivity index (χ0) is 24.5. The van der Waals surface area contributed by atoms with Crippen LogP contribution in [0.25, 0.3) is 11.1 Å². The minimum Gasteiger partial charge on any atom is -0.473 e. The molecule has 0 radical (unpaired) electrons. The first-order chi connectivity index (χ1) is 16.3. The predicted molar refractivity (Wildman–Crippen MR) is 125 cm³/mol.